The maximum Gasteiger partial charge on any atom is 0.336 e. The van der Waals surface area contributed by atoms with E-state index in [0.717, 1.165) is 28.3 Å². The van der Waals surface area contributed by atoms with Crippen LogP contribution >= 0.6 is 0 Å². The van der Waals surface area contributed by atoms with Crippen molar-refractivity contribution in [2.45, 2.75) is 6.42 Å². The van der Waals surface area contributed by atoms with Crippen molar-refractivity contribution in [3.05, 3.63) is 65.2 Å². The van der Waals surface area contributed by atoms with E-state index >= 15 is 0 Å². The van der Waals surface area contributed by atoms with E-state index in [2.05, 4.69) is 5.32 Å². The second-order valence-electron chi connectivity index (χ2n) is 5.03. The van der Waals surface area contributed by atoms with E-state index in [0.29, 0.717) is 12.0 Å². The number of hydrogen-bond acceptors (Lipinski definition) is 4. The zero-order valence-corrected chi connectivity index (χ0v) is 12.6. The molecule has 2 aromatic carbocycles. The normalized spacial score (nSPS) is 13.2. The Morgan fingerprint density at radius 1 is 1.05 bits per heavy atom. The van der Waals surface area contributed by atoms with E-state index in [9.17, 15) is 4.79 Å². The van der Waals surface area contributed by atoms with Crippen molar-refractivity contribution in [2.75, 3.05) is 19.5 Å². The third-order valence-electron chi connectivity index (χ3n) is 3.76. The van der Waals surface area contributed by atoms with Gasteiger partial charge >= 0.3 is 5.97 Å². The molecule has 1 heterocycles. The number of hydrogen-bond donors (Lipinski definition) is 1. The summed E-state index contributed by atoms with van der Waals surface area (Å²) in [4.78, 5) is 12.1. The number of para-hydroxylation sites is 1. The minimum Gasteiger partial charge on any atom is -0.497 e. The minimum atomic E-state index is -0.312. The Bertz CT molecular complexity index is 732. The third-order valence-corrected chi connectivity index (χ3v) is 3.76. The van der Waals surface area contributed by atoms with Gasteiger partial charge in [-0.25, -0.2) is 4.79 Å². The van der Waals surface area contributed by atoms with Crippen LogP contribution in [0.25, 0.3) is 5.70 Å². The lowest BCUT2D eigenvalue weighted by Gasteiger charge is -2.24. The Hall–Kier alpha value is -2.75. The van der Waals surface area contributed by atoms with Gasteiger partial charge in [-0.05, 0) is 41.5 Å². The Morgan fingerprint density at radius 2 is 1.77 bits per heavy atom. The fraction of sp³-hybridized carbons (Fsp3) is 0.167. The second-order valence-corrected chi connectivity index (χ2v) is 5.03. The second kappa shape index (κ2) is 5.93. The van der Waals surface area contributed by atoms with Crippen molar-refractivity contribution in [1.82, 2.24) is 0 Å². The van der Waals surface area contributed by atoms with Crippen LogP contribution in [-0.4, -0.2) is 20.2 Å². The van der Waals surface area contributed by atoms with Crippen LogP contribution in [0.1, 0.15) is 11.1 Å². The fourth-order valence-corrected chi connectivity index (χ4v) is 2.59. The summed E-state index contributed by atoms with van der Waals surface area (Å²) in [6.45, 7) is 0. The molecule has 0 fully saturated rings. The molecule has 0 aromatic heterocycles. The fourth-order valence-electron chi connectivity index (χ4n) is 2.59. The van der Waals surface area contributed by atoms with Crippen LogP contribution in [0.2, 0.25) is 0 Å². The van der Waals surface area contributed by atoms with Crippen molar-refractivity contribution in [1.29, 1.82) is 0 Å². The first-order chi connectivity index (χ1) is 10.7. The van der Waals surface area contributed by atoms with E-state index in [1.165, 1.54) is 7.11 Å². The summed E-state index contributed by atoms with van der Waals surface area (Å²) in [5.41, 5.74) is 4.44. The van der Waals surface area contributed by atoms with Gasteiger partial charge < -0.3 is 14.8 Å². The molecule has 0 saturated carbocycles. The van der Waals surface area contributed by atoms with E-state index in [1.807, 2.05) is 48.5 Å². The number of carbonyl (C=O) groups is 1. The molecular formula is C18H17NO3. The van der Waals surface area contributed by atoms with E-state index in [-0.39, 0.29) is 5.97 Å². The maximum atomic E-state index is 12.1. The molecule has 0 spiro atoms. The van der Waals surface area contributed by atoms with Gasteiger partial charge in [0.25, 0.3) is 0 Å². The van der Waals surface area contributed by atoms with Crippen LogP contribution < -0.4 is 10.1 Å². The van der Waals surface area contributed by atoms with Crippen molar-refractivity contribution in [3.63, 3.8) is 0 Å². The highest BCUT2D eigenvalue weighted by molar-refractivity contribution is 6.02. The SMILES string of the molecule is COC(=O)C1=C(c2ccc(OC)cc2)Nc2ccccc2C1. The Balaban J connectivity index is 2.06. The van der Waals surface area contributed by atoms with Gasteiger partial charge in [-0.3, -0.25) is 0 Å². The molecule has 0 amide bonds. The van der Waals surface area contributed by atoms with Crippen LogP contribution in [0, 0.1) is 0 Å². The molecule has 3 rings (SSSR count). The highest BCUT2D eigenvalue weighted by Crippen LogP contribution is 2.33. The average molecular weight is 295 g/mol. The highest BCUT2D eigenvalue weighted by atomic mass is 16.5. The lowest BCUT2D eigenvalue weighted by Crippen LogP contribution is -2.19. The van der Waals surface area contributed by atoms with Crippen LogP contribution in [-0.2, 0) is 16.0 Å². The summed E-state index contributed by atoms with van der Waals surface area (Å²) in [6, 6.07) is 15.6. The number of nitrogens with one attached hydrogen (secondary N) is 1. The van der Waals surface area contributed by atoms with Crippen LogP contribution in [0.3, 0.4) is 0 Å². The minimum absolute atomic E-state index is 0.312. The number of benzene rings is 2. The van der Waals surface area contributed by atoms with Gasteiger partial charge in [0.2, 0.25) is 0 Å². The summed E-state index contributed by atoms with van der Waals surface area (Å²) in [5.74, 6) is 0.466. The smallest absolute Gasteiger partial charge is 0.336 e. The lowest BCUT2D eigenvalue weighted by atomic mass is 9.94. The number of carbonyl (C=O) groups excluding carboxylic acids is 1. The molecule has 0 atom stereocenters. The van der Waals surface area contributed by atoms with Gasteiger partial charge in [0, 0.05) is 12.1 Å². The van der Waals surface area contributed by atoms with E-state index in [1.54, 1.807) is 7.11 Å². The molecule has 112 valence electrons. The number of anilines is 1. The number of fused-ring (bicyclic) bond motifs is 1. The van der Waals surface area contributed by atoms with Gasteiger partial charge in [0.05, 0.1) is 25.5 Å². The molecule has 2 aromatic rings. The summed E-state index contributed by atoms with van der Waals surface area (Å²) >= 11 is 0. The summed E-state index contributed by atoms with van der Waals surface area (Å²) in [5, 5.41) is 3.35. The standard InChI is InChI=1S/C18H17NO3/c1-21-14-9-7-12(8-10-14)17-15(18(20)22-2)11-13-5-3-4-6-16(13)19-17/h3-10,19H,11H2,1-2H3. The van der Waals surface area contributed by atoms with Crippen LogP contribution in [0.5, 0.6) is 5.75 Å². The molecule has 4 nitrogen and oxygen atoms in total. The van der Waals surface area contributed by atoms with Gasteiger partial charge in [-0.2, -0.15) is 0 Å². The summed E-state index contributed by atoms with van der Waals surface area (Å²) < 4.78 is 10.1. The Labute approximate surface area is 129 Å². The summed E-state index contributed by atoms with van der Waals surface area (Å²) in [6.07, 6.45) is 0.553. The predicted molar refractivity (Wildman–Crippen MR) is 85.7 cm³/mol. The molecular weight excluding hydrogens is 278 g/mol. The molecule has 22 heavy (non-hydrogen) atoms. The largest absolute Gasteiger partial charge is 0.497 e. The van der Waals surface area contributed by atoms with E-state index in [4.69, 9.17) is 9.47 Å². The zero-order valence-electron chi connectivity index (χ0n) is 12.6. The molecule has 1 N–H and O–H groups in total. The molecule has 0 aliphatic carbocycles. The maximum absolute atomic E-state index is 12.1. The van der Waals surface area contributed by atoms with Crippen LogP contribution in [0.15, 0.2) is 54.1 Å². The number of ether oxygens (including phenoxy) is 2. The molecule has 1 aliphatic rings. The monoisotopic (exact) mass is 295 g/mol. The quantitative estimate of drug-likeness (QED) is 0.883. The lowest BCUT2D eigenvalue weighted by molar-refractivity contribution is -0.136. The van der Waals surface area contributed by atoms with Gasteiger partial charge in [0.1, 0.15) is 5.75 Å². The predicted octanol–water partition coefficient (Wildman–Crippen LogP) is 3.25. The van der Waals surface area contributed by atoms with Crippen molar-refractivity contribution < 1.29 is 14.3 Å². The number of methoxy groups -OCH3 is 2. The van der Waals surface area contributed by atoms with E-state index < -0.39 is 0 Å². The Morgan fingerprint density at radius 3 is 2.45 bits per heavy atom. The summed E-state index contributed by atoms with van der Waals surface area (Å²) in [7, 11) is 3.03. The molecule has 4 heteroatoms. The third kappa shape index (κ3) is 2.55. The van der Waals surface area contributed by atoms with Crippen molar-refractivity contribution in [3.8, 4) is 5.75 Å². The topological polar surface area (TPSA) is 47.6 Å². The molecule has 0 radical (unpaired) electrons. The molecule has 1 aliphatic heterocycles. The highest BCUT2D eigenvalue weighted by Gasteiger charge is 2.24. The zero-order chi connectivity index (χ0) is 15.5. The number of rotatable bonds is 3. The van der Waals surface area contributed by atoms with Crippen molar-refractivity contribution in [2.24, 2.45) is 0 Å². The molecule has 0 saturated heterocycles. The van der Waals surface area contributed by atoms with Gasteiger partial charge in [-0.1, -0.05) is 18.2 Å². The van der Waals surface area contributed by atoms with Crippen LogP contribution in [0.4, 0.5) is 5.69 Å². The molecule has 0 bridgehead atoms. The average Bonchev–Trinajstić information content (AvgIpc) is 2.60. The van der Waals surface area contributed by atoms with Crippen molar-refractivity contribution >= 4 is 17.4 Å². The first-order valence-electron chi connectivity index (χ1n) is 7.03. The number of esters is 1. The first-order valence-corrected chi connectivity index (χ1v) is 7.03. The van der Waals surface area contributed by atoms with Gasteiger partial charge in [-0.15, -0.1) is 0 Å². The van der Waals surface area contributed by atoms with Gasteiger partial charge in [0.15, 0.2) is 0 Å². The molecule has 0 unspecified atom stereocenters. The Kier molecular flexibility index (Phi) is 3.83. The first kappa shape index (κ1) is 14.2.